The van der Waals surface area contributed by atoms with E-state index in [2.05, 4.69) is 19.1 Å². The molecule has 0 nitrogen and oxygen atoms in total. The Bertz CT molecular complexity index is 136. The zero-order valence-corrected chi connectivity index (χ0v) is 6.39. The maximum absolute atomic E-state index is 2.08. The van der Waals surface area contributed by atoms with Crippen LogP contribution in [0.1, 0.15) is 20.8 Å². The molecule has 0 bridgehead atoms. The van der Waals surface area contributed by atoms with Crippen molar-refractivity contribution in [3.63, 3.8) is 0 Å². The van der Waals surface area contributed by atoms with Crippen LogP contribution in [0.25, 0.3) is 0 Å². The van der Waals surface area contributed by atoms with Crippen molar-refractivity contribution in [3.8, 4) is 0 Å². The fourth-order valence-electron chi connectivity index (χ4n) is 0.566. The van der Waals surface area contributed by atoms with Crippen molar-refractivity contribution in [3.05, 3.63) is 36.0 Å². The van der Waals surface area contributed by atoms with Crippen molar-refractivity contribution in [2.24, 2.45) is 0 Å². The average Bonchev–Trinajstić information content (AvgIpc) is 1.85. The fourth-order valence-corrected chi connectivity index (χ4v) is 0.566. The van der Waals surface area contributed by atoms with Gasteiger partial charge in [0.05, 0.1) is 0 Å². The number of rotatable bonds is 2. The minimum atomic E-state index is 1.29. The van der Waals surface area contributed by atoms with Crippen molar-refractivity contribution in [2.75, 3.05) is 0 Å². The molecule has 0 rings (SSSR count). The van der Waals surface area contributed by atoms with Crippen LogP contribution in [0.2, 0.25) is 0 Å². The first-order chi connectivity index (χ1) is 4.31. The van der Waals surface area contributed by atoms with E-state index in [4.69, 9.17) is 0 Å². The second-order valence-corrected chi connectivity index (χ2v) is 1.94. The highest BCUT2D eigenvalue weighted by Crippen LogP contribution is 1.93. The third-order valence-corrected chi connectivity index (χ3v) is 0.981. The van der Waals surface area contributed by atoms with Crippen molar-refractivity contribution in [2.45, 2.75) is 20.8 Å². The minimum absolute atomic E-state index is 1.29. The molecule has 0 radical (unpaired) electrons. The second kappa shape index (κ2) is 5.36. The van der Waals surface area contributed by atoms with Gasteiger partial charge in [0.15, 0.2) is 0 Å². The summed E-state index contributed by atoms with van der Waals surface area (Å²) in [5, 5.41) is 0. The summed E-state index contributed by atoms with van der Waals surface area (Å²) < 4.78 is 0. The fraction of sp³-hybridized carbons (Fsp3) is 0.333. The van der Waals surface area contributed by atoms with E-state index in [9.17, 15) is 0 Å². The molecule has 0 saturated heterocycles. The van der Waals surface area contributed by atoms with Gasteiger partial charge in [-0.2, -0.15) is 0 Å². The molecule has 0 fully saturated rings. The predicted octanol–water partition coefficient (Wildman–Crippen LogP) is 3.08. The van der Waals surface area contributed by atoms with Gasteiger partial charge in [-0.1, -0.05) is 36.0 Å². The number of hydrogen-bond donors (Lipinski definition) is 0. The molecule has 50 valence electrons. The Morgan fingerprint density at radius 1 is 1.11 bits per heavy atom. The van der Waals surface area contributed by atoms with Crippen molar-refractivity contribution < 1.29 is 0 Å². The first-order valence-corrected chi connectivity index (χ1v) is 3.23. The Morgan fingerprint density at radius 3 is 2.22 bits per heavy atom. The summed E-state index contributed by atoms with van der Waals surface area (Å²) in [5.41, 5.74) is 1.29. The predicted molar refractivity (Wildman–Crippen MR) is 43.4 cm³/mol. The van der Waals surface area contributed by atoms with Crippen LogP contribution < -0.4 is 0 Å². The molecule has 0 aliphatic carbocycles. The normalized spacial score (nSPS) is 13.9. The van der Waals surface area contributed by atoms with E-state index in [0.717, 1.165) is 0 Å². The van der Waals surface area contributed by atoms with E-state index >= 15 is 0 Å². The second-order valence-electron chi connectivity index (χ2n) is 1.94. The maximum Gasteiger partial charge on any atom is -0.0398 e. The van der Waals surface area contributed by atoms with Crippen LogP contribution >= 0.6 is 0 Å². The van der Waals surface area contributed by atoms with Gasteiger partial charge in [0.25, 0.3) is 0 Å². The van der Waals surface area contributed by atoms with E-state index in [1.165, 1.54) is 5.57 Å². The molecular formula is C9H14. The third-order valence-electron chi connectivity index (χ3n) is 0.981. The smallest absolute Gasteiger partial charge is 0.0398 e. The van der Waals surface area contributed by atoms with Gasteiger partial charge in [-0.15, -0.1) is 0 Å². The Balaban J connectivity index is 3.84. The lowest BCUT2D eigenvalue weighted by molar-refractivity contribution is 1.50. The van der Waals surface area contributed by atoms with Crippen molar-refractivity contribution in [1.29, 1.82) is 0 Å². The monoisotopic (exact) mass is 122 g/mol. The number of hydrogen-bond acceptors (Lipinski definition) is 0. The summed E-state index contributed by atoms with van der Waals surface area (Å²) in [6.45, 7) is 6.12. The summed E-state index contributed by atoms with van der Waals surface area (Å²) in [6.07, 6.45) is 10.3. The molecule has 0 N–H and O–H groups in total. The van der Waals surface area contributed by atoms with Gasteiger partial charge < -0.3 is 0 Å². The molecular weight excluding hydrogens is 108 g/mol. The topological polar surface area (TPSA) is 0 Å². The van der Waals surface area contributed by atoms with E-state index in [1.807, 2.05) is 32.1 Å². The third kappa shape index (κ3) is 5.09. The van der Waals surface area contributed by atoms with Gasteiger partial charge in [0, 0.05) is 0 Å². The number of allylic oxidation sites excluding steroid dienone is 6. The summed E-state index contributed by atoms with van der Waals surface area (Å²) >= 11 is 0. The standard InChI is InChI=1S/C9H14/c1-4-6-8-9(3)7-5-2/h4-8H,1-3H3. The molecule has 9 heavy (non-hydrogen) atoms. The maximum atomic E-state index is 2.08. The van der Waals surface area contributed by atoms with Crippen LogP contribution in [0.5, 0.6) is 0 Å². The van der Waals surface area contributed by atoms with E-state index in [-0.39, 0.29) is 0 Å². The molecule has 0 aliphatic rings. The molecule has 0 spiro atoms. The van der Waals surface area contributed by atoms with E-state index in [1.54, 1.807) is 0 Å². The van der Waals surface area contributed by atoms with Gasteiger partial charge in [0.2, 0.25) is 0 Å². The highest BCUT2D eigenvalue weighted by molar-refractivity contribution is 5.20. The van der Waals surface area contributed by atoms with E-state index in [0.29, 0.717) is 0 Å². The van der Waals surface area contributed by atoms with Crippen LogP contribution in [0.15, 0.2) is 36.0 Å². The molecule has 0 aromatic rings. The molecule has 0 aromatic heterocycles. The molecule has 0 aliphatic heterocycles. The van der Waals surface area contributed by atoms with Crippen LogP contribution in [0.4, 0.5) is 0 Å². The Morgan fingerprint density at radius 2 is 1.78 bits per heavy atom. The molecule has 0 heteroatoms. The molecule has 0 unspecified atom stereocenters. The molecule has 0 heterocycles. The quantitative estimate of drug-likeness (QED) is 0.494. The molecule has 0 atom stereocenters. The van der Waals surface area contributed by atoms with Crippen LogP contribution in [0, 0.1) is 0 Å². The first kappa shape index (κ1) is 8.22. The zero-order chi connectivity index (χ0) is 7.11. The van der Waals surface area contributed by atoms with E-state index < -0.39 is 0 Å². The lowest BCUT2D eigenvalue weighted by Crippen LogP contribution is -1.62. The molecule has 0 saturated carbocycles. The Labute approximate surface area is 57.6 Å². The Hall–Kier alpha value is -0.780. The highest BCUT2D eigenvalue weighted by atomic mass is 13.8. The molecule has 0 aromatic carbocycles. The van der Waals surface area contributed by atoms with Gasteiger partial charge in [0.1, 0.15) is 0 Å². The van der Waals surface area contributed by atoms with Crippen molar-refractivity contribution >= 4 is 0 Å². The lowest BCUT2D eigenvalue weighted by Gasteiger charge is -1.83. The average molecular weight is 122 g/mol. The van der Waals surface area contributed by atoms with Crippen LogP contribution in [-0.2, 0) is 0 Å². The summed E-state index contributed by atoms with van der Waals surface area (Å²) in [5.74, 6) is 0. The summed E-state index contributed by atoms with van der Waals surface area (Å²) in [6, 6.07) is 0. The SMILES string of the molecule is CC=CC=C(C)C=CC. The summed E-state index contributed by atoms with van der Waals surface area (Å²) in [7, 11) is 0. The van der Waals surface area contributed by atoms with Gasteiger partial charge in [-0.25, -0.2) is 0 Å². The largest absolute Gasteiger partial charge is 0.0877 e. The Kier molecular flexibility index (Phi) is 4.89. The zero-order valence-electron chi connectivity index (χ0n) is 6.39. The van der Waals surface area contributed by atoms with Crippen molar-refractivity contribution in [1.82, 2.24) is 0 Å². The minimum Gasteiger partial charge on any atom is -0.0877 e. The van der Waals surface area contributed by atoms with Gasteiger partial charge in [-0.05, 0) is 20.8 Å². The lowest BCUT2D eigenvalue weighted by atomic mass is 10.2. The van der Waals surface area contributed by atoms with Crippen LogP contribution in [-0.4, -0.2) is 0 Å². The highest BCUT2D eigenvalue weighted by Gasteiger charge is 1.72. The van der Waals surface area contributed by atoms with Gasteiger partial charge in [-0.3, -0.25) is 0 Å². The summed E-state index contributed by atoms with van der Waals surface area (Å²) in [4.78, 5) is 0. The first-order valence-electron chi connectivity index (χ1n) is 3.23. The molecule has 0 amide bonds. The van der Waals surface area contributed by atoms with Crippen LogP contribution in [0.3, 0.4) is 0 Å². The van der Waals surface area contributed by atoms with Gasteiger partial charge >= 0.3 is 0 Å².